The Labute approximate surface area is 78.6 Å². The van der Waals surface area contributed by atoms with Crippen molar-refractivity contribution in [1.82, 2.24) is 5.32 Å². The molecule has 0 saturated carbocycles. The highest BCUT2D eigenvalue weighted by molar-refractivity contribution is 5.79. The summed E-state index contributed by atoms with van der Waals surface area (Å²) >= 11 is 0. The Bertz CT molecular complexity index is 139. The van der Waals surface area contributed by atoms with Gasteiger partial charge in [-0.25, -0.2) is 0 Å². The van der Waals surface area contributed by atoms with Gasteiger partial charge in [-0.15, -0.1) is 0 Å². The van der Waals surface area contributed by atoms with Crippen LogP contribution in [0, 0.1) is 0 Å². The molecule has 0 aromatic rings. The van der Waals surface area contributed by atoms with Crippen LogP contribution in [-0.2, 0) is 0 Å². The summed E-state index contributed by atoms with van der Waals surface area (Å²) in [5.41, 5.74) is 5.28. The third-order valence-corrected chi connectivity index (χ3v) is 1.68. The van der Waals surface area contributed by atoms with Crippen molar-refractivity contribution in [3.05, 3.63) is 0 Å². The predicted octanol–water partition coefficient (Wildman–Crippen LogP) is -0.125. The van der Waals surface area contributed by atoms with E-state index in [4.69, 9.17) is 16.0 Å². The van der Waals surface area contributed by atoms with Crippen LogP contribution < -0.4 is 11.1 Å². The summed E-state index contributed by atoms with van der Waals surface area (Å²) in [4.78, 5) is 0. The molecule has 0 saturated heterocycles. The first-order valence-corrected chi connectivity index (χ1v) is 4.59. The van der Waals surface area contributed by atoms with Gasteiger partial charge in [0.15, 0.2) is 0 Å². The van der Waals surface area contributed by atoms with Crippen molar-refractivity contribution in [2.24, 2.45) is 10.9 Å². The average Bonchev–Trinajstić information content (AvgIpc) is 2.16. The van der Waals surface area contributed by atoms with Gasteiger partial charge in [-0.3, -0.25) is 0 Å². The lowest BCUT2D eigenvalue weighted by Gasteiger charge is -2.02. The first kappa shape index (κ1) is 12.2. The van der Waals surface area contributed by atoms with Crippen molar-refractivity contribution >= 4 is 5.84 Å². The van der Waals surface area contributed by atoms with Crippen LogP contribution in [0.3, 0.4) is 0 Å². The number of nitrogens with one attached hydrogen (secondary N) is 1. The fraction of sp³-hybridized carbons (Fsp3) is 0.875. The highest BCUT2D eigenvalue weighted by Crippen LogP contribution is 1.93. The van der Waals surface area contributed by atoms with E-state index in [1.165, 1.54) is 0 Å². The van der Waals surface area contributed by atoms with E-state index < -0.39 is 0 Å². The smallest absolute Gasteiger partial charge is 0.139 e. The van der Waals surface area contributed by atoms with E-state index in [2.05, 4.69) is 10.5 Å². The second-order valence-corrected chi connectivity index (χ2v) is 2.88. The molecule has 78 valence electrons. The molecule has 13 heavy (non-hydrogen) atoms. The molecule has 5 N–H and O–H groups in total. The molecule has 5 nitrogen and oxygen atoms in total. The minimum absolute atomic E-state index is 0.233. The summed E-state index contributed by atoms with van der Waals surface area (Å²) in [5.74, 6) is 0.287. The van der Waals surface area contributed by atoms with Crippen molar-refractivity contribution in [3.8, 4) is 0 Å². The van der Waals surface area contributed by atoms with Crippen LogP contribution in [0.15, 0.2) is 5.16 Å². The SMILES string of the molecule is NC(CCCCNCCCO)=NO. The number of oxime groups is 1. The Morgan fingerprint density at radius 2 is 1.92 bits per heavy atom. The second kappa shape index (κ2) is 9.28. The zero-order valence-electron chi connectivity index (χ0n) is 7.87. The summed E-state index contributed by atoms with van der Waals surface area (Å²) in [6, 6.07) is 0. The average molecular weight is 189 g/mol. The van der Waals surface area contributed by atoms with Gasteiger partial charge in [0, 0.05) is 13.0 Å². The molecule has 0 rings (SSSR count). The molecular weight excluding hydrogens is 170 g/mol. The van der Waals surface area contributed by atoms with Gasteiger partial charge in [0.1, 0.15) is 5.84 Å². The van der Waals surface area contributed by atoms with Crippen molar-refractivity contribution in [3.63, 3.8) is 0 Å². The van der Waals surface area contributed by atoms with E-state index in [0.717, 1.165) is 32.4 Å². The number of nitrogens with zero attached hydrogens (tertiary/aromatic N) is 1. The molecule has 0 spiro atoms. The van der Waals surface area contributed by atoms with Crippen LogP contribution in [0.1, 0.15) is 25.7 Å². The lowest BCUT2D eigenvalue weighted by atomic mass is 10.2. The summed E-state index contributed by atoms with van der Waals surface area (Å²) in [6.07, 6.45) is 3.35. The summed E-state index contributed by atoms with van der Waals surface area (Å²) in [5, 5.41) is 22.8. The van der Waals surface area contributed by atoms with Gasteiger partial charge >= 0.3 is 0 Å². The van der Waals surface area contributed by atoms with Crippen LogP contribution >= 0.6 is 0 Å². The standard InChI is InChI=1S/C8H19N3O2/c9-8(11-13)4-1-2-5-10-6-3-7-12/h10,12-13H,1-7H2,(H2,9,11). The quantitative estimate of drug-likeness (QED) is 0.141. The van der Waals surface area contributed by atoms with E-state index in [0.29, 0.717) is 6.42 Å². The number of unbranched alkanes of at least 4 members (excludes halogenated alkanes) is 1. The van der Waals surface area contributed by atoms with Gasteiger partial charge in [-0.05, 0) is 32.4 Å². The lowest BCUT2D eigenvalue weighted by molar-refractivity contribution is 0.286. The molecule has 0 bridgehead atoms. The van der Waals surface area contributed by atoms with Crippen LogP contribution in [0.4, 0.5) is 0 Å². The summed E-state index contributed by atoms with van der Waals surface area (Å²) in [7, 11) is 0. The van der Waals surface area contributed by atoms with E-state index in [1.54, 1.807) is 0 Å². The lowest BCUT2D eigenvalue weighted by Crippen LogP contribution is -2.18. The Hall–Kier alpha value is -0.810. The van der Waals surface area contributed by atoms with Crippen molar-refractivity contribution in [2.45, 2.75) is 25.7 Å². The number of aliphatic hydroxyl groups is 1. The minimum atomic E-state index is 0.233. The molecule has 0 amide bonds. The number of rotatable bonds is 8. The van der Waals surface area contributed by atoms with Gasteiger partial charge in [0.05, 0.1) is 0 Å². The van der Waals surface area contributed by atoms with Gasteiger partial charge in [0.2, 0.25) is 0 Å². The van der Waals surface area contributed by atoms with Crippen LogP contribution in [-0.4, -0.2) is 35.8 Å². The molecule has 0 aliphatic heterocycles. The molecule has 0 fully saturated rings. The van der Waals surface area contributed by atoms with Gasteiger partial charge in [-0.1, -0.05) is 5.16 Å². The Balaban J connectivity index is 3.00. The molecule has 0 atom stereocenters. The van der Waals surface area contributed by atoms with Crippen molar-refractivity contribution < 1.29 is 10.3 Å². The predicted molar refractivity (Wildman–Crippen MR) is 51.8 cm³/mol. The monoisotopic (exact) mass is 189 g/mol. The topological polar surface area (TPSA) is 90.9 Å². The van der Waals surface area contributed by atoms with Gasteiger partial charge < -0.3 is 21.4 Å². The Morgan fingerprint density at radius 1 is 1.23 bits per heavy atom. The normalized spacial score (nSPS) is 11.9. The fourth-order valence-corrected chi connectivity index (χ4v) is 0.935. The second-order valence-electron chi connectivity index (χ2n) is 2.88. The van der Waals surface area contributed by atoms with Crippen LogP contribution in [0.5, 0.6) is 0 Å². The first-order valence-electron chi connectivity index (χ1n) is 4.59. The number of hydrogen-bond acceptors (Lipinski definition) is 4. The maximum Gasteiger partial charge on any atom is 0.139 e. The summed E-state index contributed by atoms with van der Waals surface area (Å²) < 4.78 is 0. The Morgan fingerprint density at radius 3 is 2.54 bits per heavy atom. The molecular formula is C8H19N3O2. The zero-order valence-corrected chi connectivity index (χ0v) is 7.87. The molecule has 0 aromatic heterocycles. The molecule has 0 aliphatic carbocycles. The van der Waals surface area contributed by atoms with Crippen molar-refractivity contribution in [2.75, 3.05) is 19.7 Å². The first-order chi connectivity index (χ1) is 6.31. The molecule has 0 unspecified atom stereocenters. The van der Waals surface area contributed by atoms with Gasteiger partial charge in [-0.2, -0.15) is 0 Å². The van der Waals surface area contributed by atoms with E-state index in [-0.39, 0.29) is 12.4 Å². The summed E-state index contributed by atoms with van der Waals surface area (Å²) in [6.45, 7) is 2.00. The highest BCUT2D eigenvalue weighted by Gasteiger charge is 1.93. The van der Waals surface area contributed by atoms with E-state index in [9.17, 15) is 0 Å². The van der Waals surface area contributed by atoms with Gasteiger partial charge in [0.25, 0.3) is 0 Å². The maximum atomic E-state index is 8.47. The number of aliphatic hydroxyl groups excluding tert-OH is 1. The third kappa shape index (κ3) is 9.10. The number of amidine groups is 1. The maximum absolute atomic E-state index is 8.47. The minimum Gasteiger partial charge on any atom is -0.409 e. The third-order valence-electron chi connectivity index (χ3n) is 1.68. The van der Waals surface area contributed by atoms with E-state index in [1.807, 2.05) is 0 Å². The Kier molecular flexibility index (Phi) is 8.70. The van der Waals surface area contributed by atoms with Crippen molar-refractivity contribution in [1.29, 1.82) is 0 Å². The van der Waals surface area contributed by atoms with Crippen LogP contribution in [0.2, 0.25) is 0 Å². The number of hydrogen-bond donors (Lipinski definition) is 4. The number of nitrogens with two attached hydrogens (primary N) is 1. The molecule has 0 aliphatic rings. The fourth-order valence-electron chi connectivity index (χ4n) is 0.935. The molecule has 0 heterocycles. The zero-order chi connectivity index (χ0) is 9.94. The molecule has 0 aromatic carbocycles. The van der Waals surface area contributed by atoms with Crippen LogP contribution in [0.25, 0.3) is 0 Å². The van der Waals surface area contributed by atoms with E-state index >= 15 is 0 Å². The molecule has 5 heteroatoms. The largest absolute Gasteiger partial charge is 0.409 e. The molecule has 0 radical (unpaired) electrons. The highest BCUT2D eigenvalue weighted by atomic mass is 16.4.